The molecule has 3 rings (SSSR count). The summed E-state index contributed by atoms with van der Waals surface area (Å²) in [5.74, 6) is 1.95. The molecule has 25 heavy (non-hydrogen) atoms. The molecule has 3 nitrogen and oxygen atoms in total. The van der Waals surface area contributed by atoms with Gasteiger partial charge in [-0.3, -0.25) is 0 Å². The van der Waals surface area contributed by atoms with E-state index in [1.807, 2.05) is 30.3 Å². The van der Waals surface area contributed by atoms with Gasteiger partial charge in [-0.05, 0) is 37.1 Å². The van der Waals surface area contributed by atoms with Crippen molar-refractivity contribution in [3.05, 3.63) is 60.4 Å². The van der Waals surface area contributed by atoms with Gasteiger partial charge in [-0.25, -0.2) is 4.98 Å². The van der Waals surface area contributed by atoms with E-state index in [1.54, 1.807) is 0 Å². The lowest BCUT2D eigenvalue weighted by Gasteiger charge is -2.19. The first-order valence-electron chi connectivity index (χ1n) is 9.50. The third-order valence-electron chi connectivity index (χ3n) is 4.60. The van der Waals surface area contributed by atoms with Gasteiger partial charge >= 0.3 is 0 Å². The Balaban J connectivity index is 1.89. The summed E-state index contributed by atoms with van der Waals surface area (Å²) in [6.45, 7) is 5.41. The topological polar surface area (TPSA) is 27.1 Å². The Morgan fingerprint density at radius 1 is 0.920 bits per heavy atom. The summed E-state index contributed by atoms with van der Waals surface area (Å²) in [6, 6.07) is 18.5. The van der Waals surface area contributed by atoms with Crippen LogP contribution in [0.15, 0.2) is 54.6 Å². The predicted molar refractivity (Wildman–Crippen MR) is 104 cm³/mol. The summed E-state index contributed by atoms with van der Waals surface area (Å²) >= 11 is 0. The van der Waals surface area contributed by atoms with E-state index in [1.165, 1.54) is 31.2 Å². The normalized spacial score (nSPS) is 12.4. The van der Waals surface area contributed by atoms with Crippen LogP contribution < -0.4 is 4.74 Å². The van der Waals surface area contributed by atoms with Gasteiger partial charge in [0.05, 0.1) is 11.0 Å². The van der Waals surface area contributed by atoms with Crippen molar-refractivity contribution in [2.75, 3.05) is 0 Å². The molecular weight excluding hydrogens is 308 g/mol. The molecule has 1 atom stereocenters. The Hall–Kier alpha value is -2.29. The highest BCUT2D eigenvalue weighted by atomic mass is 16.5. The van der Waals surface area contributed by atoms with Crippen molar-refractivity contribution in [1.82, 2.24) is 9.55 Å². The number of fused-ring (bicyclic) bond motifs is 1. The minimum atomic E-state index is -0.0269. The maximum absolute atomic E-state index is 6.26. The quantitative estimate of drug-likeness (QED) is 0.438. The Labute approximate surface area is 150 Å². The molecule has 0 aliphatic carbocycles. The van der Waals surface area contributed by atoms with Crippen molar-refractivity contribution >= 4 is 11.0 Å². The molecule has 0 N–H and O–H groups in total. The van der Waals surface area contributed by atoms with Gasteiger partial charge in [0.25, 0.3) is 0 Å². The zero-order chi connectivity index (χ0) is 17.5. The fraction of sp³-hybridized carbons (Fsp3) is 0.409. The number of imidazole rings is 1. The first-order chi connectivity index (χ1) is 12.3. The smallest absolute Gasteiger partial charge is 0.156 e. The summed E-state index contributed by atoms with van der Waals surface area (Å²) in [5.41, 5.74) is 2.27. The lowest BCUT2D eigenvalue weighted by molar-refractivity contribution is 0.186. The van der Waals surface area contributed by atoms with Crippen LogP contribution in [-0.4, -0.2) is 9.55 Å². The highest BCUT2D eigenvalue weighted by molar-refractivity contribution is 5.76. The van der Waals surface area contributed by atoms with Crippen LogP contribution in [0.1, 0.15) is 57.9 Å². The number of ether oxygens (including phenoxy) is 1. The number of aryl methyl sites for hydroxylation is 1. The van der Waals surface area contributed by atoms with Gasteiger partial charge in [0.2, 0.25) is 0 Å². The van der Waals surface area contributed by atoms with Gasteiger partial charge in [0, 0.05) is 6.54 Å². The SMILES string of the molecule is CCCCCCn1c(C(CC)Oc2ccccc2)nc2ccccc21. The third kappa shape index (κ3) is 4.22. The number of para-hydroxylation sites is 3. The molecule has 0 amide bonds. The van der Waals surface area contributed by atoms with E-state index in [4.69, 9.17) is 9.72 Å². The number of hydrogen-bond donors (Lipinski definition) is 0. The summed E-state index contributed by atoms with van der Waals surface area (Å²) in [5, 5.41) is 0. The fourth-order valence-electron chi connectivity index (χ4n) is 3.25. The maximum Gasteiger partial charge on any atom is 0.156 e. The van der Waals surface area contributed by atoms with Crippen LogP contribution in [0.2, 0.25) is 0 Å². The maximum atomic E-state index is 6.26. The second-order valence-corrected chi connectivity index (χ2v) is 6.50. The molecule has 1 aromatic heterocycles. The van der Waals surface area contributed by atoms with Crippen LogP contribution >= 0.6 is 0 Å². The van der Waals surface area contributed by atoms with Crippen molar-refractivity contribution in [3.63, 3.8) is 0 Å². The van der Waals surface area contributed by atoms with Crippen molar-refractivity contribution in [1.29, 1.82) is 0 Å². The van der Waals surface area contributed by atoms with Gasteiger partial charge < -0.3 is 9.30 Å². The number of rotatable bonds is 9. The second kappa shape index (κ2) is 8.70. The molecule has 3 aromatic rings. The Bertz CT molecular complexity index is 779. The molecule has 1 heterocycles. The van der Waals surface area contributed by atoms with Crippen molar-refractivity contribution in [2.45, 2.75) is 58.6 Å². The molecule has 0 saturated carbocycles. The fourth-order valence-corrected chi connectivity index (χ4v) is 3.25. The second-order valence-electron chi connectivity index (χ2n) is 6.50. The van der Waals surface area contributed by atoms with Crippen molar-refractivity contribution in [2.24, 2.45) is 0 Å². The van der Waals surface area contributed by atoms with E-state index >= 15 is 0 Å². The minimum Gasteiger partial charge on any atom is -0.483 e. The van der Waals surface area contributed by atoms with E-state index in [9.17, 15) is 0 Å². The average molecular weight is 336 g/mol. The van der Waals surface area contributed by atoms with Crippen LogP contribution in [0, 0.1) is 0 Å². The number of aromatic nitrogens is 2. The molecule has 0 fully saturated rings. The zero-order valence-corrected chi connectivity index (χ0v) is 15.3. The number of unbranched alkanes of at least 4 members (excludes halogenated alkanes) is 3. The summed E-state index contributed by atoms with van der Waals surface area (Å²) in [7, 11) is 0. The van der Waals surface area contributed by atoms with E-state index in [2.05, 4.69) is 42.7 Å². The van der Waals surface area contributed by atoms with Gasteiger partial charge in [-0.1, -0.05) is 63.4 Å². The average Bonchev–Trinajstić information content (AvgIpc) is 3.02. The molecule has 0 radical (unpaired) electrons. The first kappa shape index (κ1) is 17.5. The molecule has 0 aliphatic heterocycles. The van der Waals surface area contributed by atoms with Crippen molar-refractivity contribution < 1.29 is 4.74 Å². The molecule has 1 unspecified atom stereocenters. The number of hydrogen-bond acceptors (Lipinski definition) is 2. The molecule has 0 spiro atoms. The third-order valence-corrected chi connectivity index (χ3v) is 4.60. The van der Waals surface area contributed by atoms with Gasteiger partial charge in [0.1, 0.15) is 5.75 Å². The van der Waals surface area contributed by atoms with Crippen molar-refractivity contribution in [3.8, 4) is 5.75 Å². The van der Waals surface area contributed by atoms with Crippen LogP contribution in [0.25, 0.3) is 11.0 Å². The number of nitrogens with zero attached hydrogens (tertiary/aromatic N) is 2. The largest absolute Gasteiger partial charge is 0.483 e. The van der Waals surface area contributed by atoms with E-state index in [0.29, 0.717) is 0 Å². The van der Waals surface area contributed by atoms with E-state index in [-0.39, 0.29) is 6.10 Å². The zero-order valence-electron chi connectivity index (χ0n) is 15.3. The predicted octanol–water partition coefficient (Wildman–Crippen LogP) is 6.15. The highest BCUT2D eigenvalue weighted by Crippen LogP contribution is 2.28. The molecule has 0 saturated heterocycles. The minimum absolute atomic E-state index is 0.0269. The summed E-state index contributed by atoms with van der Waals surface area (Å²) < 4.78 is 8.63. The molecule has 0 aliphatic rings. The molecule has 132 valence electrons. The van der Waals surface area contributed by atoms with Crippen LogP contribution in [-0.2, 0) is 6.54 Å². The summed E-state index contributed by atoms with van der Waals surface area (Å²) in [6.07, 6.45) is 5.86. The first-order valence-corrected chi connectivity index (χ1v) is 9.50. The lowest BCUT2D eigenvalue weighted by atomic mass is 10.2. The monoisotopic (exact) mass is 336 g/mol. The van der Waals surface area contributed by atoms with E-state index < -0.39 is 0 Å². The van der Waals surface area contributed by atoms with Gasteiger partial charge in [0.15, 0.2) is 11.9 Å². The highest BCUT2D eigenvalue weighted by Gasteiger charge is 2.20. The molecule has 3 heteroatoms. The van der Waals surface area contributed by atoms with E-state index in [0.717, 1.165) is 30.1 Å². The van der Waals surface area contributed by atoms with Gasteiger partial charge in [-0.15, -0.1) is 0 Å². The lowest BCUT2D eigenvalue weighted by Crippen LogP contribution is -2.14. The molecule has 0 bridgehead atoms. The van der Waals surface area contributed by atoms with Crippen LogP contribution in [0.3, 0.4) is 0 Å². The number of benzene rings is 2. The Morgan fingerprint density at radius 2 is 1.68 bits per heavy atom. The van der Waals surface area contributed by atoms with Crippen LogP contribution in [0.5, 0.6) is 5.75 Å². The molecule has 2 aromatic carbocycles. The van der Waals surface area contributed by atoms with Gasteiger partial charge in [-0.2, -0.15) is 0 Å². The Morgan fingerprint density at radius 3 is 2.44 bits per heavy atom. The Kier molecular flexibility index (Phi) is 6.10. The molecular formula is C22H28N2O. The summed E-state index contributed by atoms with van der Waals surface area (Å²) in [4.78, 5) is 4.92. The standard InChI is InChI=1S/C22H28N2O/c1-3-5-6-12-17-24-20-16-11-10-15-19(20)23-22(24)21(4-2)25-18-13-8-7-9-14-18/h7-11,13-16,21H,3-6,12,17H2,1-2H3. The van der Waals surface area contributed by atoms with Crippen LogP contribution in [0.4, 0.5) is 0 Å².